The van der Waals surface area contributed by atoms with Crippen LogP contribution < -0.4 is 11.0 Å². The van der Waals surface area contributed by atoms with Gasteiger partial charge in [-0.1, -0.05) is 4.68 Å². The zero-order valence-corrected chi connectivity index (χ0v) is 21.3. The minimum Gasteiger partial charge on any atom is -0.378 e. The number of aryl methyl sites for hydroxylation is 1. The molecule has 37 heavy (non-hydrogen) atoms. The number of nitriles is 1. The standard InChI is InChI=1S/C26H27FN6O3S/c1-17-14-18(2-3-19(17)25(35)32-9-12-37-13-10-32)30-23-22-20(4-8-29-24(22)34)33(31-23)16-26(5-7-28)6-11-36-15-21(26)27/h2-4,8,14,16,21H,5-6,9-13,15H2,1H3,(H-,29,30,31,34,35)/p+1. The van der Waals surface area contributed by atoms with Crippen LogP contribution in [0, 0.1) is 23.7 Å². The predicted molar refractivity (Wildman–Crippen MR) is 140 cm³/mol. The molecule has 0 saturated carbocycles. The summed E-state index contributed by atoms with van der Waals surface area (Å²) < 4.78 is 21.9. The first-order valence-corrected chi connectivity index (χ1v) is 13.4. The van der Waals surface area contributed by atoms with Gasteiger partial charge in [0.1, 0.15) is 6.17 Å². The van der Waals surface area contributed by atoms with E-state index in [4.69, 9.17) is 4.74 Å². The average Bonchev–Trinajstić information content (AvgIpc) is 3.24. The highest BCUT2D eigenvalue weighted by Gasteiger charge is 2.46. The van der Waals surface area contributed by atoms with Crippen LogP contribution in [0.25, 0.3) is 0 Å². The van der Waals surface area contributed by atoms with E-state index in [0.29, 0.717) is 41.4 Å². The number of amidine groups is 1. The number of pyridine rings is 1. The van der Waals surface area contributed by atoms with Gasteiger partial charge in [-0.3, -0.25) is 9.59 Å². The largest absolute Gasteiger partial charge is 0.378 e. The number of hydrazone groups is 1. The van der Waals surface area contributed by atoms with Gasteiger partial charge in [0.15, 0.2) is 11.8 Å². The number of alkyl halides is 1. The summed E-state index contributed by atoms with van der Waals surface area (Å²) in [5.41, 5.74) is 4.56. The van der Waals surface area contributed by atoms with Crippen molar-refractivity contribution in [1.29, 1.82) is 5.26 Å². The minimum absolute atomic E-state index is 0.0126. The number of aromatic amines is 1. The molecule has 5 rings (SSSR count). The van der Waals surface area contributed by atoms with Gasteiger partial charge in [-0.15, -0.1) is 5.43 Å². The average molecular weight is 524 g/mol. The second kappa shape index (κ2) is 10.5. The lowest BCUT2D eigenvalue weighted by Gasteiger charge is -2.32. The number of aliphatic imine (C=N–C) groups is 1. The van der Waals surface area contributed by atoms with Crippen LogP contribution in [0.1, 0.15) is 34.3 Å². The Labute approximate surface area is 218 Å². The Morgan fingerprint density at radius 2 is 2.22 bits per heavy atom. The maximum Gasteiger partial charge on any atom is 0.266 e. The number of aromatic nitrogens is 1. The van der Waals surface area contributed by atoms with E-state index in [0.717, 1.165) is 30.2 Å². The summed E-state index contributed by atoms with van der Waals surface area (Å²) in [5.74, 6) is 2.19. The monoisotopic (exact) mass is 523 g/mol. The third kappa shape index (κ3) is 4.91. The van der Waals surface area contributed by atoms with Crippen LogP contribution in [0.15, 0.2) is 40.2 Å². The minimum atomic E-state index is -1.36. The molecular formula is C26H28FN6O3S+. The molecule has 0 radical (unpaired) electrons. The van der Waals surface area contributed by atoms with Gasteiger partial charge < -0.3 is 14.6 Å². The number of ether oxygens (including phenoxy) is 1. The van der Waals surface area contributed by atoms with Crippen molar-refractivity contribution >= 4 is 41.1 Å². The number of nitrogens with zero attached hydrogens (tertiary/aromatic N) is 4. The number of H-pyrrole nitrogens is 1. The zero-order valence-electron chi connectivity index (χ0n) is 20.5. The van der Waals surface area contributed by atoms with Gasteiger partial charge in [0, 0.05) is 49.0 Å². The van der Waals surface area contributed by atoms with Crippen LogP contribution >= 0.6 is 11.8 Å². The fourth-order valence-corrected chi connectivity index (χ4v) is 5.80. The molecular weight excluding hydrogens is 495 g/mol. The Balaban J connectivity index is 1.49. The molecule has 11 heteroatoms. The number of fused-ring (bicyclic) bond motifs is 1. The van der Waals surface area contributed by atoms with Crippen LogP contribution in [-0.4, -0.2) is 76.5 Å². The van der Waals surface area contributed by atoms with Gasteiger partial charge >= 0.3 is 0 Å². The van der Waals surface area contributed by atoms with Crippen molar-refractivity contribution in [1.82, 2.24) is 15.3 Å². The molecule has 192 valence electrons. The predicted octanol–water partition coefficient (Wildman–Crippen LogP) is 2.84. The number of carbonyl (C=O) groups excluding carboxylic acids is 1. The SMILES string of the molecule is Cc1cc(N=C2N[N+](=CC3(CC#N)CCOCC3F)c3cc[nH]c(=O)c32)ccc1C(=O)N1CCSCC1. The van der Waals surface area contributed by atoms with E-state index in [-0.39, 0.29) is 24.5 Å². The number of benzene rings is 1. The van der Waals surface area contributed by atoms with E-state index in [9.17, 15) is 14.9 Å². The van der Waals surface area contributed by atoms with Gasteiger partial charge in [0.05, 0.1) is 30.2 Å². The van der Waals surface area contributed by atoms with Crippen molar-refractivity contribution < 1.29 is 18.6 Å². The molecule has 3 aliphatic rings. The van der Waals surface area contributed by atoms with Gasteiger partial charge in [-0.2, -0.15) is 17.0 Å². The maximum atomic E-state index is 15.0. The van der Waals surface area contributed by atoms with Crippen molar-refractivity contribution in [3.8, 4) is 6.07 Å². The fraction of sp³-hybridized carbons (Fsp3) is 0.423. The summed E-state index contributed by atoms with van der Waals surface area (Å²) in [7, 11) is 0. The molecule has 1 aromatic carbocycles. The number of amides is 1. The molecule has 3 aliphatic heterocycles. The highest BCUT2D eigenvalue weighted by molar-refractivity contribution is 7.99. The Bertz CT molecular complexity index is 1380. The number of hydrogen-bond acceptors (Lipinski definition) is 6. The summed E-state index contributed by atoms with van der Waals surface area (Å²) in [5, 5.41) is 9.41. The molecule has 2 fully saturated rings. The first kappa shape index (κ1) is 25.2. The van der Waals surface area contributed by atoms with Crippen LogP contribution in [0.5, 0.6) is 0 Å². The van der Waals surface area contributed by atoms with Crippen LogP contribution in [0.4, 0.5) is 15.8 Å². The van der Waals surface area contributed by atoms with Crippen molar-refractivity contribution in [3.05, 3.63) is 57.5 Å². The van der Waals surface area contributed by atoms with Gasteiger partial charge in [-0.25, -0.2) is 9.38 Å². The lowest BCUT2D eigenvalue weighted by molar-refractivity contribution is -0.480. The van der Waals surface area contributed by atoms with Crippen molar-refractivity contribution in [2.75, 3.05) is 37.8 Å². The maximum absolute atomic E-state index is 15.0. The summed E-state index contributed by atoms with van der Waals surface area (Å²) in [6, 6.07) is 9.15. The first-order valence-electron chi connectivity index (χ1n) is 12.2. The molecule has 2 saturated heterocycles. The third-order valence-electron chi connectivity index (χ3n) is 7.04. The molecule has 0 bridgehead atoms. The molecule has 2 atom stereocenters. The number of hydrazine groups is 1. The molecule has 0 aliphatic carbocycles. The highest BCUT2D eigenvalue weighted by Crippen LogP contribution is 2.36. The Kier molecular flexibility index (Phi) is 7.13. The second-order valence-electron chi connectivity index (χ2n) is 9.40. The van der Waals surface area contributed by atoms with Crippen molar-refractivity contribution in [2.24, 2.45) is 10.4 Å². The van der Waals surface area contributed by atoms with Crippen molar-refractivity contribution in [2.45, 2.75) is 25.9 Å². The van der Waals surface area contributed by atoms with E-state index >= 15 is 4.39 Å². The smallest absolute Gasteiger partial charge is 0.266 e. The third-order valence-corrected chi connectivity index (χ3v) is 7.98. The van der Waals surface area contributed by atoms with E-state index in [1.807, 2.05) is 29.7 Å². The zero-order chi connectivity index (χ0) is 26.0. The van der Waals surface area contributed by atoms with Gasteiger partial charge in [-0.05, 0) is 37.1 Å². The highest BCUT2D eigenvalue weighted by atomic mass is 32.2. The van der Waals surface area contributed by atoms with E-state index < -0.39 is 11.6 Å². The quantitative estimate of drug-likeness (QED) is 0.596. The van der Waals surface area contributed by atoms with Crippen LogP contribution in [0.3, 0.4) is 0 Å². The molecule has 0 spiro atoms. The first-order chi connectivity index (χ1) is 17.9. The molecule has 2 aromatic rings. The fourth-order valence-electron chi connectivity index (χ4n) is 4.90. The lowest BCUT2D eigenvalue weighted by atomic mass is 9.77. The van der Waals surface area contributed by atoms with Crippen LogP contribution in [-0.2, 0) is 4.74 Å². The second-order valence-corrected chi connectivity index (χ2v) is 10.6. The number of thioether (sulfide) groups is 1. The van der Waals surface area contributed by atoms with Crippen molar-refractivity contribution in [3.63, 3.8) is 0 Å². The normalized spacial score (nSPS) is 25.5. The Morgan fingerprint density at radius 1 is 1.41 bits per heavy atom. The topological polar surface area (TPSA) is 114 Å². The van der Waals surface area contributed by atoms with E-state index in [1.54, 1.807) is 29.1 Å². The molecule has 9 nitrogen and oxygen atoms in total. The molecule has 1 amide bonds. The Hall–Kier alpha value is -3.49. The molecule has 1 aromatic heterocycles. The molecule has 2 unspecified atom stereocenters. The summed E-state index contributed by atoms with van der Waals surface area (Å²) in [6.07, 6.45) is 2.12. The summed E-state index contributed by atoms with van der Waals surface area (Å²) in [4.78, 5) is 35.0. The summed E-state index contributed by atoms with van der Waals surface area (Å²) >= 11 is 1.85. The molecule has 2 N–H and O–H groups in total. The van der Waals surface area contributed by atoms with E-state index in [2.05, 4.69) is 21.5 Å². The lowest BCUT2D eigenvalue weighted by Crippen LogP contribution is -2.45. The van der Waals surface area contributed by atoms with E-state index in [1.165, 1.54) is 6.20 Å². The number of halogens is 1. The Morgan fingerprint density at radius 3 is 2.95 bits per heavy atom. The number of nitrogens with one attached hydrogen (secondary N) is 2. The number of hydrogen-bond donors (Lipinski definition) is 2. The van der Waals surface area contributed by atoms with Crippen LogP contribution in [0.2, 0.25) is 0 Å². The van der Waals surface area contributed by atoms with Gasteiger partial charge in [0.2, 0.25) is 5.84 Å². The summed E-state index contributed by atoms with van der Waals surface area (Å²) in [6.45, 7) is 3.60. The number of carbonyl (C=O) groups is 1. The number of rotatable bonds is 4. The van der Waals surface area contributed by atoms with Gasteiger partial charge in [0.25, 0.3) is 17.2 Å². The molecule has 4 heterocycles.